The Morgan fingerprint density at radius 1 is 1.15 bits per heavy atom. The lowest BCUT2D eigenvalue weighted by atomic mass is 10.2. The van der Waals surface area contributed by atoms with Crippen LogP contribution in [0, 0.1) is 18.3 Å². The van der Waals surface area contributed by atoms with Crippen molar-refractivity contribution in [2.45, 2.75) is 6.92 Å². The van der Waals surface area contributed by atoms with Crippen LogP contribution in [0.1, 0.15) is 21.6 Å². The van der Waals surface area contributed by atoms with Crippen molar-refractivity contribution in [1.82, 2.24) is 9.97 Å². The Labute approximate surface area is 155 Å². The van der Waals surface area contributed by atoms with E-state index < -0.39 is 0 Å². The number of halogens is 1. The van der Waals surface area contributed by atoms with Crippen molar-refractivity contribution in [2.24, 2.45) is 0 Å². The van der Waals surface area contributed by atoms with E-state index in [2.05, 4.69) is 26.7 Å². The van der Waals surface area contributed by atoms with Gasteiger partial charge in [0.2, 0.25) is 0 Å². The molecular weight excluding hydrogens is 350 g/mol. The molecule has 7 heteroatoms. The Morgan fingerprint density at radius 2 is 2.00 bits per heavy atom. The van der Waals surface area contributed by atoms with Crippen LogP contribution in [0.15, 0.2) is 54.9 Å². The molecule has 128 valence electrons. The lowest BCUT2D eigenvalue weighted by Gasteiger charge is -2.09. The largest absolute Gasteiger partial charge is 0.339 e. The van der Waals surface area contributed by atoms with Gasteiger partial charge in [-0.25, -0.2) is 9.97 Å². The Bertz CT molecular complexity index is 996. The van der Waals surface area contributed by atoms with Gasteiger partial charge in [-0.3, -0.25) is 4.79 Å². The molecule has 0 bridgehead atoms. The number of nitrogens with zero attached hydrogens (tertiary/aromatic N) is 3. The molecule has 0 saturated carbocycles. The fourth-order valence-electron chi connectivity index (χ4n) is 2.28. The number of nitriles is 1. The number of aromatic nitrogens is 2. The quantitative estimate of drug-likeness (QED) is 0.720. The van der Waals surface area contributed by atoms with E-state index in [1.807, 2.05) is 13.0 Å². The van der Waals surface area contributed by atoms with Gasteiger partial charge in [0.05, 0.1) is 24.0 Å². The van der Waals surface area contributed by atoms with Crippen molar-refractivity contribution in [3.63, 3.8) is 0 Å². The first kappa shape index (κ1) is 17.4. The van der Waals surface area contributed by atoms with Gasteiger partial charge in [-0.1, -0.05) is 17.7 Å². The third-order valence-electron chi connectivity index (χ3n) is 3.59. The molecular formula is C19H14ClN5O. The predicted octanol–water partition coefficient (Wildman–Crippen LogP) is 4.31. The summed E-state index contributed by atoms with van der Waals surface area (Å²) in [6.45, 7) is 1.86. The molecule has 1 amide bonds. The van der Waals surface area contributed by atoms with E-state index in [1.54, 1.807) is 36.4 Å². The second kappa shape index (κ2) is 7.64. The number of hydrogen-bond donors (Lipinski definition) is 2. The molecule has 0 aliphatic heterocycles. The zero-order valence-electron chi connectivity index (χ0n) is 13.8. The van der Waals surface area contributed by atoms with Crippen molar-refractivity contribution in [1.29, 1.82) is 5.26 Å². The van der Waals surface area contributed by atoms with E-state index in [4.69, 9.17) is 16.9 Å². The van der Waals surface area contributed by atoms with Crippen molar-refractivity contribution in [3.8, 4) is 6.07 Å². The van der Waals surface area contributed by atoms with Crippen LogP contribution in [0.2, 0.25) is 5.02 Å². The van der Waals surface area contributed by atoms with Gasteiger partial charge < -0.3 is 10.6 Å². The maximum absolute atomic E-state index is 12.3. The van der Waals surface area contributed by atoms with Gasteiger partial charge in [-0.15, -0.1) is 0 Å². The van der Waals surface area contributed by atoms with Crippen LogP contribution in [-0.4, -0.2) is 15.9 Å². The molecule has 0 aliphatic rings. The second-order valence-corrected chi connectivity index (χ2v) is 5.95. The Kier molecular flexibility index (Phi) is 5.11. The minimum absolute atomic E-state index is 0.190. The van der Waals surface area contributed by atoms with Gasteiger partial charge in [-0.05, 0) is 48.9 Å². The molecule has 0 spiro atoms. The van der Waals surface area contributed by atoms with E-state index in [1.165, 1.54) is 12.4 Å². The van der Waals surface area contributed by atoms with E-state index in [0.717, 1.165) is 5.56 Å². The number of aryl methyl sites for hydroxylation is 1. The lowest BCUT2D eigenvalue weighted by molar-refractivity contribution is 0.102. The average Bonchev–Trinajstić information content (AvgIpc) is 2.64. The topological polar surface area (TPSA) is 90.7 Å². The van der Waals surface area contributed by atoms with Gasteiger partial charge in [-0.2, -0.15) is 5.26 Å². The Hall–Kier alpha value is -3.43. The van der Waals surface area contributed by atoms with Crippen LogP contribution in [0.5, 0.6) is 0 Å². The highest BCUT2D eigenvalue weighted by molar-refractivity contribution is 6.30. The molecule has 1 heterocycles. The molecule has 0 radical (unpaired) electrons. The summed E-state index contributed by atoms with van der Waals surface area (Å²) in [6.07, 6.45) is 2.85. The van der Waals surface area contributed by atoms with E-state index in [9.17, 15) is 4.79 Å². The SMILES string of the molecule is Cc1cc(Cl)ccc1NC(=O)c1cnc(Nc2cccc(C#N)c2)cn1. The van der Waals surface area contributed by atoms with Crippen LogP contribution in [-0.2, 0) is 0 Å². The first-order chi connectivity index (χ1) is 12.5. The van der Waals surface area contributed by atoms with Crippen LogP contribution in [0.3, 0.4) is 0 Å². The molecule has 3 aromatic rings. The van der Waals surface area contributed by atoms with E-state index >= 15 is 0 Å². The van der Waals surface area contributed by atoms with Crippen molar-refractivity contribution >= 4 is 34.7 Å². The highest BCUT2D eigenvalue weighted by Gasteiger charge is 2.10. The van der Waals surface area contributed by atoms with Crippen LogP contribution in [0.25, 0.3) is 0 Å². The molecule has 26 heavy (non-hydrogen) atoms. The molecule has 1 aromatic heterocycles. The maximum atomic E-state index is 12.3. The van der Waals surface area contributed by atoms with Gasteiger partial charge >= 0.3 is 0 Å². The summed E-state index contributed by atoms with van der Waals surface area (Å²) in [5, 5.41) is 15.4. The lowest BCUT2D eigenvalue weighted by Crippen LogP contribution is -2.15. The molecule has 6 nitrogen and oxygen atoms in total. The third kappa shape index (κ3) is 4.15. The number of nitrogens with one attached hydrogen (secondary N) is 2. The average molecular weight is 364 g/mol. The molecule has 3 rings (SSSR count). The second-order valence-electron chi connectivity index (χ2n) is 5.52. The van der Waals surface area contributed by atoms with Gasteiger partial charge in [0.25, 0.3) is 5.91 Å². The summed E-state index contributed by atoms with van der Waals surface area (Å²) in [6, 6.07) is 14.3. The summed E-state index contributed by atoms with van der Waals surface area (Å²) < 4.78 is 0. The number of rotatable bonds is 4. The Morgan fingerprint density at radius 3 is 2.69 bits per heavy atom. The molecule has 0 saturated heterocycles. The number of amides is 1. The van der Waals surface area contributed by atoms with Gasteiger partial charge in [0, 0.05) is 16.4 Å². The number of carbonyl (C=O) groups is 1. The first-order valence-electron chi connectivity index (χ1n) is 7.72. The van der Waals surface area contributed by atoms with Crippen LogP contribution in [0.4, 0.5) is 17.2 Å². The molecule has 0 aliphatic carbocycles. The van der Waals surface area contributed by atoms with Crippen LogP contribution < -0.4 is 10.6 Å². The summed E-state index contributed by atoms with van der Waals surface area (Å²) in [5.74, 6) is 0.111. The van der Waals surface area contributed by atoms with Crippen molar-refractivity contribution < 1.29 is 4.79 Å². The fraction of sp³-hybridized carbons (Fsp3) is 0.0526. The number of hydrogen-bond acceptors (Lipinski definition) is 5. The molecule has 2 aromatic carbocycles. The minimum atomic E-state index is -0.360. The zero-order chi connectivity index (χ0) is 18.5. The smallest absolute Gasteiger partial charge is 0.275 e. The summed E-state index contributed by atoms with van der Waals surface area (Å²) in [4.78, 5) is 20.6. The first-order valence-corrected chi connectivity index (χ1v) is 8.10. The van der Waals surface area contributed by atoms with Gasteiger partial charge in [0.15, 0.2) is 0 Å². The highest BCUT2D eigenvalue weighted by atomic mass is 35.5. The van der Waals surface area contributed by atoms with Gasteiger partial charge in [0.1, 0.15) is 11.5 Å². The summed E-state index contributed by atoms with van der Waals surface area (Å²) in [5.41, 5.74) is 2.96. The zero-order valence-corrected chi connectivity index (χ0v) is 14.6. The van der Waals surface area contributed by atoms with E-state index in [-0.39, 0.29) is 11.6 Å². The van der Waals surface area contributed by atoms with Crippen molar-refractivity contribution in [2.75, 3.05) is 10.6 Å². The third-order valence-corrected chi connectivity index (χ3v) is 3.82. The predicted molar refractivity (Wildman–Crippen MR) is 101 cm³/mol. The highest BCUT2D eigenvalue weighted by Crippen LogP contribution is 2.20. The number of carbonyl (C=O) groups excluding carboxylic acids is 1. The molecule has 2 N–H and O–H groups in total. The summed E-state index contributed by atoms with van der Waals surface area (Å²) >= 11 is 5.91. The standard InChI is InChI=1S/C19H14ClN5O/c1-12-7-14(20)5-6-16(12)25-19(26)17-10-23-18(11-22-17)24-15-4-2-3-13(8-15)9-21/h2-8,10-11H,1H3,(H,23,24)(H,25,26). The number of anilines is 3. The van der Waals surface area contributed by atoms with Crippen molar-refractivity contribution in [3.05, 3.63) is 76.7 Å². The van der Waals surface area contributed by atoms with Crippen LogP contribution >= 0.6 is 11.6 Å². The maximum Gasteiger partial charge on any atom is 0.275 e. The Balaban J connectivity index is 1.70. The molecule has 0 atom stereocenters. The normalized spacial score (nSPS) is 10.0. The number of benzene rings is 2. The molecule has 0 unspecified atom stereocenters. The minimum Gasteiger partial charge on any atom is -0.339 e. The summed E-state index contributed by atoms with van der Waals surface area (Å²) in [7, 11) is 0. The molecule has 0 fully saturated rings. The van der Waals surface area contributed by atoms with E-state index in [0.29, 0.717) is 27.8 Å². The fourth-order valence-corrected chi connectivity index (χ4v) is 2.50. The monoisotopic (exact) mass is 363 g/mol.